The number of rotatable bonds is 7. The molecule has 1 saturated carbocycles. The summed E-state index contributed by atoms with van der Waals surface area (Å²) in [4.78, 5) is 19.9. The first-order valence-electron chi connectivity index (χ1n) is 11.2. The quantitative estimate of drug-likeness (QED) is 0.220. The highest BCUT2D eigenvalue weighted by atomic mass is 35.5. The van der Waals surface area contributed by atoms with Gasteiger partial charge in [-0.3, -0.25) is 10.2 Å². The van der Waals surface area contributed by atoms with Crippen molar-refractivity contribution in [3.05, 3.63) is 51.8 Å². The van der Waals surface area contributed by atoms with E-state index in [0.29, 0.717) is 33.1 Å². The molecule has 1 aliphatic rings. The molecule has 3 rings (SSSR count). The molecule has 1 aliphatic carbocycles. The summed E-state index contributed by atoms with van der Waals surface area (Å²) in [6, 6.07) is 5.64. The minimum Gasteiger partial charge on any atom is -0.396 e. The molecule has 176 valence electrons. The number of amides is 1. The number of hydrogen-bond acceptors (Lipinski definition) is 4. The number of aliphatic imine (C=N–C) groups is 1. The van der Waals surface area contributed by atoms with Crippen LogP contribution >= 0.6 is 11.6 Å². The van der Waals surface area contributed by atoms with E-state index in [4.69, 9.17) is 22.7 Å². The van der Waals surface area contributed by atoms with Crippen LogP contribution in [0.5, 0.6) is 0 Å². The van der Waals surface area contributed by atoms with Crippen LogP contribution in [0.4, 0.5) is 0 Å². The van der Waals surface area contributed by atoms with Crippen LogP contribution in [0.25, 0.3) is 16.6 Å². The molecule has 1 amide bonds. The first kappa shape index (κ1) is 24.6. The van der Waals surface area contributed by atoms with Gasteiger partial charge in [-0.25, -0.2) is 4.99 Å². The van der Waals surface area contributed by atoms with Gasteiger partial charge in [-0.2, -0.15) is 0 Å². The van der Waals surface area contributed by atoms with Crippen LogP contribution in [0, 0.1) is 5.41 Å². The number of aromatic amines is 1. The van der Waals surface area contributed by atoms with E-state index in [9.17, 15) is 4.79 Å². The number of hydrogen-bond donors (Lipinski definition) is 5. The van der Waals surface area contributed by atoms with E-state index in [1.54, 1.807) is 25.3 Å². The van der Waals surface area contributed by atoms with E-state index in [-0.39, 0.29) is 23.3 Å². The summed E-state index contributed by atoms with van der Waals surface area (Å²) in [5.41, 5.74) is 9.65. The fourth-order valence-corrected chi connectivity index (χ4v) is 3.84. The van der Waals surface area contributed by atoms with Gasteiger partial charge in [0.2, 0.25) is 0 Å². The van der Waals surface area contributed by atoms with E-state index < -0.39 is 0 Å². The highest BCUT2D eigenvalue weighted by Crippen LogP contribution is 2.33. The molecular formula is C25H33ClN6O. The standard InChI is InChI=1S/C25H33ClN6O/c1-6-8-17(32-25(3,4)5)19(23(28)29-7-2)21(27)22-20(26)16-12-9-14(13-18(16)31-22)24(33)30-15-10-11-15/h7-9,12-13,15,28,31-32H,6,10-11,27H2,1-5H3,(H,30,33)/b17-8-,21-19+,28-23?,29-7?. The fourth-order valence-electron chi connectivity index (χ4n) is 3.53. The maximum atomic E-state index is 12.5. The van der Waals surface area contributed by atoms with Gasteiger partial charge in [-0.05, 0) is 59.1 Å². The van der Waals surface area contributed by atoms with Crippen molar-refractivity contribution in [3.8, 4) is 0 Å². The van der Waals surface area contributed by atoms with Crippen molar-refractivity contribution in [1.29, 1.82) is 5.41 Å². The van der Waals surface area contributed by atoms with E-state index >= 15 is 0 Å². The third kappa shape index (κ3) is 5.85. The third-order valence-corrected chi connectivity index (χ3v) is 5.52. The number of nitrogens with zero attached hydrogens (tertiary/aromatic N) is 1. The molecule has 33 heavy (non-hydrogen) atoms. The number of nitrogens with two attached hydrogens (primary N) is 1. The number of nitrogens with one attached hydrogen (secondary N) is 4. The van der Waals surface area contributed by atoms with Gasteiger partial charge < -0.3 is 21.4 Å². The van der Waals surface area contributed by atoms with Crippen molar-refractivity contribution >= 4 is 46.2 Å². The number of allylic oxidation sites excluding steroid dienone is 1. The molecule has 7 nitrogen and oxygen atoms in total. The van der Waals surface area contributed by atoms with E-state index in [2.05, 4.69) is 20.6 Å². The number of amidine groups is 1. The van der Waals surface area contributed by atoms with Crippen molar-refractivity contribution in [2.45, 2.75) is 65.5 Å². The van der Waals surface area contributed by atoms with Crippen LogP contribution < -0.4 is 16.4 Å². The summed E-state index contributed by atoms with van der Waals surface area (Å²) in [7, 11) is 0. The Hall–Kier alpha value is -3.06. The van der Waals surface area contributed by atoms with Crippen molar-refractivity contribution in [2.75, 3.05) is 0 Å². The van der Waals surface area contributed by atoms with Gasteiger partial charge in [0.1, 0.15) is 0 Å². The molecule has 6 N–H and O–H groups in total. The Labute approximate surface area is 200 Å². The molecule has 0 unspecified atom stereocenters. The van der Waals surface area contributed by atoms with Crippen LogP contribution in [-0.4, -0.2) is 34.5 Å². The molecule has 0 bridgehead atoms. The van der Waals surface area contributed by atoms with E-state index in [0.717, 1.165) is 30.3 Å². The highest BCUT2D eigenvalue weighted by molar-refractivity contribution is 6.37. The zero-order valence-electron chi connectivity index (χ0n) is 19.9. The van der Waals surface area contributed by atoms with Crippen LogP contribution in [0.3, 0.4) is 0 Å². The molecular weight excluding hydrogens is 436 g/mol. The number of aromatic nitrogens is 1. The number of carbonyl (C=O) groups excluding carboxylic acids is 1. The first-order chi connectivity index (χ1) is 15.6. The smallest absolute Gasteiger partial charge is 0.251 e. The molecule has 1 aromatic carbocycles. The predicted molar refractivity (Wildman–Crippen MR) is 138 cm³/mol. The first-order valence-corrected chi connectivity index (χ1v) is 11.6. The minimum atomic E-state index is -0.253. The van der Waals surface area contributed by atoms with Gasteiger partial charge in [-0.1, -0.05) is 30.7 Å². The van der Waals surface area contributed by atoms with E-state index in [1.165, 1.54) is 0 Å². The zero-order chi connectivity index (χ0) is 24.3. The maximum absolute atomic E-state index is 12.5. The maximum Gasteiger partial charge on any atom is 0.251 e. The Balaban J connectivity index is 2.13. The number of H-pyrrole nitrogens is 1. The summed E-state index contributed by atoms with van der Waals surface area (Å²) < 4.78 is 0. The normalized spacial score (nSPS) is 15.6. The fraction of sp³-hybridized carbons (Fsp3) is 0.400. The van der Waals surface area contributed by atoms with Gasteiger partial charge in [0.15, 0.2) is 5.84 Å². The van der Waals surface area contributed by atoms with Crippen LogP contribution in [-0.2, 0) is 0 Å². The van der Waals surface area contributed by atoms with Gasteiger partial charge in [0.05, 0.1) is 22.0 Å². The topological polar surface area (TPSA) is 119 Å². The summed E-state index contributed by atoms with van der Waals surface area (Å²) >= 11 is 6.72. The average molecular weight is 469 g/mol. The molecule has 1 aromatic heterocycles. The SMILES string of the molecule is CC=NC(=N)C(/C(=C/CC)NC(C)(C)C)=C(/N)c1[nH]c2cc(C(=O)NC3CC3)ccc2c1Cl. The lowest BCUT2D eigenvalue weighted by molar-refractivity contribution is 0.0951. The second-order valence-electron chi connectivity index (χ2n) is 9.25. The molecule has 0 aliphatic heterocycles. The van der Waals surface area contributed by atoms with Crippen molar-refractivity contribution in [2.24, 2.45) is 10.7 Å². The third-order valence-electron chi connectivity index (χ3n) is 5.13. The highest BCUT2D eigenvalue weighted by Gasteiger charge is 2.25. The molecule has 2 aromatic rings. The Kier molecular flexibility index (Phi) is 7.32. The van der Waals surface area contributed by atoms with Crippen LogP contribution in [0.2, 0.25) is 5.02 Å². The Morgan fingerprint density at radius 3 is 2.64 bits per heavy atom. The van der Waals surface area contributed by atoms with Gasteiger partial charge in [0.25, 0.3) is 5.91 Å². The molecule has 0 atom stereocenters. The summed E-state index contributed by atoms with van der Waals surface area (Å²) in [5.74, 6) is -0.0665. The molecule has 0 spiro atoms. The number of carbonyl (C=O) groups is 1. The summed E-state index contributed by atoms with van der Waals surface area (Å²) in [6.45, 7) is 9.91. The van der Waals surface area contributed by atoms with Crippen LogP contribution in [0.1, 0.15) is 69.9 Å². The summed E-state index contributed by atoms with van der Waals surface area (Å²) in [6.07, 6.45) is 6.36. The molecule has 0 saturated heterocycles. The minimum absolute atomic E-state index is 0.0330. The lowest BCUT2D eigenvalue weighted by atomic mass is 10.0. The predicted octanol–water partition coefficient (Wildman–Crippen LogP) is 5.13. The lowest BCUT2D eigenvalue weighted by Crippen LogP contribution is -2.37. The zero-order valence-corrected chi connectivity index (χ0v) is 20.7. The Bertz CT molecular complexity index is 1160. The molecule has 1 heterocycles. The van der Waals surface area contributed by atoms with Crippen LogP contribution in [0.15, 0.2) is 40.5 Å². The van der Waals surface area contributed by atoms with Gasteiger partial charge >= 0.3 is 0 Å². The average Bonchev–Trinajstić information content (AvgIpc) is 3.48. The number of halogens is 1. The second-order valence-corrected chi connectivity index (χ2v) is 9.63. The Morgan fingerprint density at radius 2 is 2.06 bits per heavy atom. The summed E-state index contributed by atoms with van der Waals surface area (Å²) in [5, 5.41) is 16.2. The van der Waals surface area contributed by atoms with E-state index in [1.807, 2.05) is 39.8 Å². The Morgan fingerprint density at radius 1 is 1.36 bits per heavy atom. The van der Waals surface area contributed by atoms with Gasteiger partial charge in [-0.15, -0.1) is 0 Å². The number of fused-ring (bicyclic) bond motifs is 1. The monoisotopic (exact) mass is 468 g/mol. The van der Waals surface area contributed by atoms with Gasteiger partial charge in [0, 0.05) is 40.0 Å². The molecule has 1 fully saturated rings. The largest absolute Gasteiger partial charge is 0.396 e. The lowest BCUT2D eigenvalue weighted by Gasteiger charge is -2.26. The van der Waals surface area contributed by atoms with Crippen molar-refractivity contribution in [3.63, 3.8) is 0 Å². The molecule has 0 radical (unpaired) electrons. The van der Waals surface area contributed by atoms with Crippen molar-refractivity contribution in [1.82, 2.24) is 15.6 Å². The molecule has 8 heteroatoms. The van der Waals surface area contributed by atoms with Crippen molar-refractivity contribution < 1.29 is 4.79 Å². The second kappa shape index (κ2) is 9.83. The number of benzene rings is 1.